The van der Waals surface area contributed by atoms with Gasteiger partial charge in [-0.3, -0.25) is 9.69 Å². The summed E-state index contributed by atoms with van der Waals surface area (Å²) in [5, 5.41) is 2.99. The molecule has 0 bridgehead atoms. The van der Waals surface area contributed by atoms with Crippen molar-refractivity contribution in [1.82, 2.24) is 4.90 Å². The quantitative estimate of drug-likeness (QED) is 0.811. The molecule has 1 N–H and O–H groups in total. The van der Waals surface area contributed by atoms with E-state index < -0.39 is 0 Å². The molecule has 4 rings (SSSR count). The molecule has 6 heteroatoms. The van der Waals surface area contributed by atoms with Crippen molar-refractivity contribution in [1.29, 1.82) is 0 Å². The van der Waals surface area contributed by atoms with Crippen LogP contribution in [0.1, 0.15) is 24.8 Å². The molecule has 0 spiro atoms. The van der Waals surface area contributed by atoms with E-state index >= 15 is 0 Å². The maximum atomic E-state index is 12.4. The molecule has 1 saturated heterocycles. The molecule has 6 nitrogen and oxygen atoms in total. The van der Waals surface area contributed by atoms with Crippen LogP contribution in [-0.4, -0.2) is 50.7 Å². The number of fused-ring (bicyclic) bond motifs is 1. The van der Waals surface area contributed by atoms with Gasteiger partial charge >= 0.3 is 0 Å². The molecule has 0 radical (unpaired) electrons. The third-order valence-electron chi connectivity index (χ3n) is 5.34. The van der Waals surface area contributed by atoms with Crippen molar-refractivity contribution in [3.8, 4) is 11.5 Å². The summed E-state index contributed by atoms with van der Waals surface area (Å²) in [7, 11) is 1.94. The third kappa shape index (κ3) is 5.21. The van der Waals surface area contributed by atoms with Crippen LogP contribution in [0.15, 0.2) is 42.5 Å². The Labute approximate surface area is 172 Å². The Kier molecular flexibility index (Phi) is 6.20. The first-order chi connectivity index (χ1) is 14.2. The molecule has 2 aliphatic heterocycles. The van der Waals surface area contributed by atoms with Gasteiger partial charge < -0.3 is 19.7 Å². The van der Waals surface area contributed by atoms with Crippen molar-refractivity contribution in [2.24, 2.45) is 0 Å². The predicted octanol–water partition coefficient (Wildman–Crippen LogP) is 3.52. The summed E-state index contributed by atoms with van der Waals surface area (Å²) >= 11 is 0. The Bertz CT molecular complexity index is 832. The number of anilines is 2. The summed E-state index contributed by atoms with van der Waals surface area (Å²) in [6.07, 6.45) is 3.84. The van der Waals surface area contributed by atoms with Crippen LogP contribution in [0.3, 0.4) is 0 Å². The van der Waals surface area contributed by atoms with Gasteiger partial charge in [-0.25, -0.2) is 0 Å². The average Bonchev–Trinajstić information content (AvgIpc) is 2.74. The summed E-state index contributed by atoms with van der Waals surface area (Å²) in [4.78, 5) is 16.8. The average molecular weight is 396 g/mol. The summed E-state index contributed by atoms with van der Waals surface area (Å²) in [6, 6.07) is 14.1. The van der Waals surface area contributed by atoms with Gasteiger partial charge in [0.2, 0.25) is 5.91 Å². The minimum Gasteiger partial charge on any atom is -0.486 e. The molecule has 1 amide bonds. The summed E-state index contributed by atoms with van der Waals surface area (Å²) in [6.45, 7) is 4.39. The summed E-state index contributed by atoms with van der Waals surface area (Å²) in [5.41, 5.74) is 3.16. The Morgan fingerprint density at radius 2 is 1.72 bits per heavy atom. The molecule has 2 heterocycles. The van der Waals surface area contributed by atoms with E-state index in [4.69, 9.17) is 9.47 Å². The number of rotatable bonds is 6. The standard InChI is InChI=1S/C23H29N3O3/c1-25(16-18-5-10-21-22(15-18)29-14-13-28-21)17-23(27)24-19-6-8-20(9-7-19)26-11-3-2-4-12-26/h5-10,15H,2-4,11-14,16-17H2,1H3,(H,24,27). The van der Waals surface area contributed by atoms with E-state index in [0.29, 0.717) is 26.3 Å². The van der Waals surface area contributed by atoms with Crippen LogP contribution >= 0.6 is 0 Å². The lowest BCUT2D eigenvalue weighted by atomic mass is 10.1. The fourth-order valence-electron chi connectivity index (χ4n) is 3.91. The zero-order valence-corrected chi connectivity index (χ0v) is 17.0. The van der Waals surface area contributed by atoms with Crippen molar-refractivity contribution in [3.63, 3.8) is 0 Å². The van der Waals surface area contributed by atoms with Gasteiger partial charge in [-0.05, 0) is 68.3 Å². The van der Waals surface area contributed by atoms with Gasteiger partial charge in [0.1, 0.15) is 13.2 Å². The fourth-order valence-corrected chi connectivity index (χ4v) is 3.91. The van der Waals surface area contributed by atoms with Gasteiger partial charge in [-0.15, -0.1) is 0 Å². The first kappa shape index (κ1) is 19.6. The highest BCUT2D eigenvalue weighted by Gasteiger charge is 2.14. The highest BCUT2D eigenvalue weighted by molar-refractivity contribution is 5.92. The molecule has 0 unspecified atom stereocenters. The lowest BCUT2D eigenvalue weighted by Crippen LogP contribution is -2.30. The molecule has 0 aromatic heterocycles. The zero-order valence-electron chi connectivity index (χ0n) is 17.0. The van der Waals surface area contributed by atoms with Gasteiger partial charge in [0.25, 0.3) is 0 Å². The Morgan fingerprint density at radius 1 is 1.00 bits per heavy atom. The van der Waals surface area contributed by atoms with Crippen LogP contribution in [0, 0.1) is 0 Å². The number of amides is 1. The third-order valence-corrected chi connectivity index (χ3v) is 5.34. The summed E-state index contributed by atoms with van der Waals surface area (Å²) < 4.78 is 11.2. The molecular formula is C23H29N3O3. The minimum absolute atomic E-state index is 0.0178. The number of nitrogens with zero attached hydrogens (tertiary/aromatic N) is 2. The zero-order chi connectivity index (χ0) is 20.1. The number of nitrogens with one attached hydrogen (secondary N) is 1. The molecule has 2 aliphatic rings. The van der Waals surface area contributed by atoms with Crippen LogP contribution in [0.5, 0.6) is 11.5 Å². The van der Waals surface area contributed by atoms with E-state index in [1.165, 1.54) is 24.9 Å². The molecule has 2 aromatic rings. The fraction of sp³-hybridized carbons (Fsp3) is 0.435. The number of likely N-dealkylation sites (N-methyl/N-ethyl adjacent to an activating group) is 1. The molecule has 2 aromatic carbocycles. The van der Waals surface area contributed by atoms with E-state index in [2.05, 4.69) is 22.3 Å². The largest absolute Gasteiger partial charge is 0.486 e. The van der Waals surface area contributed by atoms with Crippen LogP contribution in [0.2, 0.25) is 0 Å². The highest BCUT2D eigenvalue weighted by atomic mass is 16.6. The van der Waals surface area contributed by atoms with E-state index in [1.807, 2.05) is 42.3 Å². The van der Waals surface area contributed by atoms with E-state index in [1.54, 1.807) is 0 Å². The molecule has 0 aliphatic carbocycles. The van der Waals surface area contributed by atoms with E-state index in [9.17, 15) is 4.79 Å². The van der Waals surface area contributed by atoms with E-state index in [-0.39, 0.29) is 5.91 Å². The minimum atomic E-state index is -0.0178. The smallest absolute Gasteiger partial charge is 0.238 e. The van der Waals surface area contributed by atoms with Gasteiger partial charge in [0.05, 0.1) is 6.54 Å². The van der Waals surface area contributed by atoms with Crippen LogP contribution in [0.25, 0.3) is 0 Å². The Hall–Kier alpha value is -2.73. The second kappa shape index (κ2) is 9.18. The number of carbonyl (C=O) groups is 1. The molecule has 1 fully saturated rings. The molecule has 29 heavy (non-hydrogen) atoms. The van der Waals surface area contributed by atoms with Crippen molar-refractivity contribution in [2.75, 3.05) is 50.1 Å². The SMILES string of the molecule is CN(CC(=O)Nc1ccc(N2CCCCC2)cc1)Cc1ccc2c(c1)OCCO2. The van der Waals surface area contributed by atoms with Crippen molar-refractivity contribution in [2.45, 2.75) is 25.8 Å². The van der Waals surface area contributed by atoms with Crippen LogP contribution < -0.4 is 19.7 Å². The number of hydrogen-bond acceptors (Lipinski definition) is 5. The second-order valence-electron chi connectivity index (χ2n) is 7.79. The van der Waals surface area contributed by atoms with Gasteiger partial charge in [-0.2, -0.15) is 0 Å². The monoisotopic (exact) mass is 395 g/mol. The first-order valence-electron chi connectivity index (χ1n) is 10.4. The maximum Gasteiger partial charge on any atom is 0.238 e. The van der Waals surface area contributed by atoms with E-state index in [0.717, 1.165) is 35.8 Å². The Morgan fingerprint density at radius 3 is 2.48 bits per heavy atom. The van der Waals surface area contributed by atoms with Crippen molar-refractivity contribution in [3.05, 3.63) is 48.0 Å². The van der Waals surface area contributed by atoms with Crippen LogP contribution in [0.4, 0.5) is 11.4 Å². The van der Waals surface area contributed by atoms with Crippen LogP contribution in [-0.2, 0) is 11.3 Å². The number of piperidine rings is 1. The lowest BCUT2D eigenvalue weighted by Gasteiger charge is -2.28. The normalized spacial score (nSPS) is 16.0. The van der Waals surface area contributed by atoms with Crippen molar-refractivity contribution >= 4 is 17.3 Å². The predicted molar refractivity (Wildman–Crippen MR) is 115 cm³/mol. The van der Waals surface area contributed by atoms with Gasteiger partial charge in [0, 0.05) is 31.0 Å². The topological polar surface area (TPSA) is 54.0 Å². The molecule has 154 valence electrons. The molecule has 0 saturated carbocycles. The number of ether oxygens (including phenoxy) is 2. The Balaban J connectivity index is 1.27. The second-order valence-corrected chi connectivity index (χ2v) is 7.79. The number of hydrogen-bond donors (Lipinski definition) is 1. The summed E-state index contributed by atoms with van der Waals surface area (Å²) in [5.74, 6) is 1.55. The lowest BCUT2D eigenvalue weighted by molar-refractivity contribution is -0.117. The highest BCUT2D eigenvalue weighted by Crippen LogP contribution is 2.31. The molecular weight excluding hydrogens is 366 g/mol. The van der Waals surface area contributed by atoms with Gasteiger partial charge in [0.15, 0.2) is 11.5 Å². The van der Waals surface area contributed by atoms with Crippen molar-refractivity contribution < 1.29 is 14.3 Å². The maximum absolute atomic E-state index is 12.4. The first-order valence-corrected chi connectivity index (χ1v) is 10.4. The number of carbonyl (C=O) groups excluding carboxylic acids is 1. The molecule has 0 atom stereocenters. The van der Waals surface area contributed by atoms with Gasteiger partial charge in [-0.1, -0.05) is 6.07 Å². The number of benzene rings is 2.